The summed E-state index contributed by atoms with van der Waals surface area (Å²) in [6, 6.07) is 14.7. The van der Waals surface area contributed by atoms with E-state index in [0.29, 0.717) is 26.2 Å². The molecule has 0 atom stereocenters. The molecule has 0 saturated carbocycles. The lowest BCUT2D eigenvalue weighted by Crippen LogP contribution is -2.48. The van der Waals surface area contributed by atoms with E-state index in [1.54, 1.807) is 4.90 Å². The third kappa shape index (κ3) is 4.39. The molecule has 1 aliphatic heterocycles. The van der Waals surface area contributed by atoms with Crippen molar-refractivity contribution < 1.29 is 18.0 Å². The minimum absolute atomic E-state index is 0.0892. The first-order valence-corrected chi connectivity index (χ1v) is 8.16. The molecule has 1 fully saturated rings. The monoisotopic (exact) mass is 348 g/mol. The molecule has 6 heteroatoms. The van der Waals surface area contributed by atoms with Crippen LogP contribution in [-0.4, -0.2) is 41.9 Å². The maximum Gasteiger partial charge on any atom is 0.416 e. The number of amides is 1. The largest absolute Gasteiger partial charge is 0.416 e. The van der Waals surface area contributed by atoms with Gasteiger partial charge in [-0.3, -0.25) is 9.69 Å². The quantitative estimate of drug-likeness (QED) is 0.845. The van der Waals surface area contributed by atoms with Crippen LogP contribution < -0.4 is 0 Å². The Morgan fingerprint density at radius 2 is 1.60 bits per heavy atom. The highest BCUT2D eigenvalue weighted by Gasteiger charge is 2.31. The molecule has 1 saturated heterocycles. The van der Waals surface area contributed by atoms with E-state index < -0.39 is 11.7 Å². The maximum absolute atomic E-state index is 12.8. The zero-order valence-corrected chi connectivity index (χ0v) is 13.7. The van der Waals surface area contributed by atoms with E-state index in [9.17, 15) is 18.0 Å². The lowest BCUT2D eigenvalue weighted by Gasteiger charge is -2.34. The van der Waals surface area contributed by atoms with Gasteiger partial charge in [0.2, 0.25) is 0 Å². The molecule has 0 spiro atoms. The fourth-order valence-electron chi connectivity index (χ4n) is 2.96. The number of carbonyl (C=O) groups is 1. The van der Waals surface area contributed by atoms with Crippen molar-refractivity contribution in [1.82, 2.24) is 9.80 Å². The first kappa shape index (κ1) is 17.5. The van der Waals surface area contributed by atoms with Crippen LogP contribution in [-0.2, 0) is 12.7 Å². The summed E-state index contributed by atoms with van der Waals surface area (Å²) in [6.07, 6.45) is -4.44. The van der Waals surface area contributed by atoms with Crippen molar-refractivity contribution in [3.05, 3.63) is 71.3 Å². The summed E-state index contributed by atoms with van der Waals surface area (Å²) in [5, 5.41) is 0. The Morgan fingerprint density at radius 3 is 2.24 bits per heavy atom. The molecule has 0 radical (unpaired) electrons. The minimum atomic E-state index is -4.44. The van der Waals surface area contributed by atoms with Gasteiger partial charge in [-0.1, -0.05) is 36.4 Å². The Labute approximate surface area is 144 Å². The average Bonchev–Trinajstić information content (AvgIpc) is 2.62. The van der Waals surface area contributed by atoms with Crippen LogP contribution in [0.1, 0.15) is 21.5 Å². The third-order valence-electron chi connectivity index (χ3n) is 4.35. The Bertz CT molecular complexity index is 723. The summed E-state index contributed by atoms with van der Waals surface area (Å²) >= 11 is 0. The van der Waals surface area contributed by atoms with E-state index in [0.717, 1.165) is 18.7 Å². The standard InChI is InChI=1S/C19H19F3N2O/c20-19(21,22)17-8-4-7-16(13-17)18(25)24-11-9-23(10-12-24)14-15-5-2-1-3-6-15/h1-8,13H,9-12,14H2. The van der Waals surface area contributed by atoms with Gasteiger partial charge in [0.1, 0.15) is 0 Å². The lowest BCUT2D eigenvalue weighted by molar-refractivity contribution is -0.137. The normalized spacial score (nSPS) is 16.0. The number of rotatable bonds is 3. The van der Waals surface area contributed by atoms with Gasteiger partial charge >= 0.3 is 6.18 Å². The van der Waals surface area contributed by atoms with Crippen molar-refractivity contribution >= 4 is 5.91 Å². The highest BCUT2D eigenvalue weighted by Crippen LogP contribution is 2.29. The van der Waals surface area contributed by atoms with Crippen LogP contribution in [0.4, 0.5) is 13.2 Å². The average molecular weight is 348 g/mol. The molecule has 0 unspecified atom stereocenters. The van der Waals surface area contributed by atoms with E-state index in [1.807, 2.05) is 18.2 Å². The van der Waals surface area contributed by atoms with E-state index in [4.69, 9.17) is 0 Å². The summed E-state index contributed by atoms with van der Waals surface area (Å²) in [6.45, 7) is 3.26. The fraction of sp³-hybridized carbons (Fsp3) is 0.316. The van der Waals surface area contributed by atoms with Crippen LogP contribution in [0.25, 0.3) is 0 Å². The molecule has 25 heavy (non-hydrogen) atoms. The number of halogens is 3. The SMILES string of the molecule is O=C(c1cccc(C(F)(F)F)c1)N1CCN(Cc2ccccc2)CC1. The predicted octanol–water partition coefficient (Wildman–Crippen LogP) is 3.66. The van der Waals surface area contributed by atoms with Gasteiger partial charge in [-0.15, -0.1) is 0 Å². The third-order valence-corrected chi connectivity index (χ3v) is 4.35. The number of benzene rings is 2. The molecule has 0 aromatic heterocycles. The van der Waals surface area contributed by atoms with Crippen LogP contribution in [0.15, 0.2) is 54.6 Å². The molecular formula is C19H19F3N2O. The fourth-order valence-corrected chi connectivity index (χ4v) is 2.96. The van der Waals surface area contributed by atoms with Gasteiger partial charge in [0.15, 0.2) is 0 Å². The molecule has 1 heterocycles. The first-order valence-electron chi connectivity index (χ1n) is 8.16. The van der Waals surface area contributed by atoms with E-state index in [2.05, 4.69) is 17.0 Å². The van der Waals surface area contributed by atoms with Crippen molar-refractivity contribution in [3.63, 3.8) is 0 Å². The Balaban J connectivity index is 1.60. The summed E-state index contributed by atoms with van der Waals surface area (Å²) in [7, 11) is 0. The molecule has 3 rings (SSSR count). The Morgan fingerprint density at radius 1 is 0.920 bits per heavy atom. The second kappa shape index (κ2) is 7.27. The molecule has 0 aliphatic carbocycles. The summed E-state index contributed by atoms with van der Waals surface area (Å²) in [4.78, 5) is 16.3. The zero-order chi connectivity index (χ0) is 17.9. The number of piperazine rings is 1. The second-order valence-electron chi connectivity index (χ2n) is 6.13. The van der Waals surface area contributed by atoms with E-state index >= 15 is 0 Å². The molecule has 2 aromatic carbocycles. The van der Waals surface area contributed by atoms with E-state index in [-0.39, 0.29) is 11.5 Å². The second-order valence-corrected chi connectivity index (χ2v) is 6.13. The van der Waals surface area contributed by atoms with E-state index in [1.165, 1.54) is 17.7 Å². The first-order chi connectivity index (χ1) is 11.9. The molecule has 132 valence electrons. The summed E-state index contributed by atoms with van der Waals surface area (Å²) in [5.41, 5.74) is 0.507. The molecule has 0 N–H and O–H groups in total. The lowest BCUT2D eigenvalue weighted by atomic mass is 10.1. The highest BCUT2D eigenvalue weighted by atomic mass is 19.4. The van der Waals surface area contributed by atoms with Crippen LogP contribution in [0.2, 0.25) is 0 Å². The summed E-state index contributed by atoms with van der Waals surface area (Å²) in [5.74, 6) is -0.342. The molecule has 1 amide bonds. The van der Waals surface area contributed by atoms with Gasteiger partial charge in [-0.05, 0) is 23.8 Å². The maximum atomic E-state index is 12.8. The Hall–Kier alpha value is -2.34. The number of carbonyl (C=O) groups excluding carboxylic acids is 1. The van der Waals surface area contributed by atoms with Crippen LogP contribution in [0.5, 0.6) is 0 Å². The van der Waals surface area contributed by atoms with Crippen LogP contribution in [0, 0.1) is 0 Å². The van der Waals surface area contributed by atoms with Gasteiger partial charge in [0.25, 0.3) is 5.91 Å². The molecule has 2 aromatic rings. The minimum Gasteiger partial charge on any atom is -0.336 e. The number of alkyl halides is 3. The van der Waals surface area contributed by atoms with Crippen molar-refractivity contribution in [1.29, 1.82) is 0 Å². The van der Waals surface area contributed by atoms with Gasteiger partial charge in [-0.2, -0.15) is 13.2 Å². The van der Waals surface area contributed by atoms with Crippen molar-refractivity contribution in [2.45, 2.75) is 12.7 Å². The van der Waals surface area contributed by atoms with Gasteiger partial charge in [-0.25, -0.2) is 0 Å². The van der Waals surface area contributed by atoms with Crippen LogP contribution >= 0.6 is 0 Å². The Kier molecular flexibility index (Phi) is 5.08. The predicted molar refractivity (Wildman–Crippen MR) is 89.1 cm³/mol. The smallest absolute Gasteiger partial charge is 0.336 e. The number of hydrogen-bond acceptors (Lipinski definition) is 2. The highest BCUT2D eigenvalue weighted by molar-refractivity contribution is 5.94. The molecule has 3 nitrogen and oxygen atoms in total. The van der Waals surface area contributed by atoms with Crippen molar-refractivity contribution in [3.8, 4) is 0 Å². The van der Waals surface area contributed by atoms with Crippen molar-refractivity contribution in [2.24, 2.45) is 0 Å². The van der Waals surface area contributed by atoms with Gasteiger partial charge < -0.3 is 4.90 Å². The molecular weight excluding hydrogens is 329 g/mol. The molecule has 0 bridgehead atoms. The number of hydrogen-bond donors (Lipinski definition) is 0. The van der Waals surface area contributed by atoms with Gasteiger partial charge in [0.05, 0.1) is 5.56 Å². The topological polar surface area (TPSA) is 23.6 Å². The van der Waals surface area contributed by atoms with Gasteiger partial charge in [0, 0.05) is 38.3 Å². The number of nitrogens with zero attached hydrogens (tertiary/aromatic N) is 2. The zero-order valence-electron chi connectivity index (χ0n) is 13.7. The molecule has 1 aliphatic rings. The summed E-state index contributed by atoms with van der Waals surface area (Å²) < 4.78 is 38.4. The van der Waals surface area contributed by atoms with Crippen LogP contribution in [0.3, 0.4) is 0 Å². The van der Waals surface area contributed by atoms with Crippen molar-refractivity contribution in [2.75, 3.05) is 26.2 Å².